The number of aliphatic carboxylic acids is 1. The monoisotopic (exact) mass is 871 g/mol. The van der Waals surface area contributed by atoms with Gasteiger partial charge in [-0.2, -0.15) is 5.06 Å². The molecule has 3 rings (SSSR count). The fraction of sp³-hybridized carbons (Fsp3) is 0.696. The summed E-state index contributed by atoms with van der Waals surface area (Å²) in [4.78, 5) is 81.1. The highest BCUT2D eigenvalue weighted by Crippen LogP contribution is 2.38. The molecule has 0 radical (unpaired) electrons. The van der Waals surface area contributed by atoms with Crippen LogP contribution in [-0.2, 0) is 35.1 Å². The molecule has 0 spiro atoms. The number of rotatable bonds is 19. The van der Waals surface area contributed by atoms with Crippen molar-refractivity contribution in [1.29, 1.82) is 0 Å². The lowest BCUT2D eigenvalue weighted by molar-refractivity contribution is -0.256. The zero-order valence-corrected chi connectivity index (χ0v) is 38.8. The second kappa shape index (κ2) is 22.6. The SMILES string of the molecule is CC(C)CC(/C=C/C(Cc1ccccc1)C(=O)N1CCC[C@H]1C(=O)NC(C(=O)NC(CCCNC(=O)OC1CC(C)(C)N(O)C(C)(C)C1)C(=O)O)C(C)C)NC(=O)OC(C)(C)C. The van der Waals surface area contributed by atoms with Crippen LogP contribution in [0.4, 0.5) is 9.59 Å². The number of amides is 5. The normalized spacial score (nSPS) is 20.0. The van der Waals surface area contributed by atoms with E-state index >= 15 is 0 Å². The molecule has 348 valence electrons. The Kier molecular flexibility index (Phi) is 18.8. The largest absolute Gasteiger partial charge is 0.480 e. The summed E-state index contributed by atoms with van der Waals surface area (Å²) in [5, 5.41) is 32.8. The quantitative estimate of drug-likeness (QED) is 0.0705. The minimum absolute atomic E-state index is 0.00434. The number of hydrogen-bond acceptors (Lipinski definition) is 10. The molecule has 2 heterocycles. The average molecular weight is 871 g/mol. The molecule has 1 aromatic carbocycles. The lowest BCUT2D eigenvalue weighted by Gasteiger charge is -2.50. The van der Waals surface area contributed by atoms with E-state index in [1.807, 2.05) is 78.0 Å². The number of carbonyl (C=O) groups excluding carboxylic acids is 5. The fourth-order valence-corrected chi connectivity index (χ4v) is 8.30. The van der Waals surface area contributed by atoms with Crippen LogP contribution in [0.2, 0.25) is 0 Å². The first kappa shape index (κ1) is 51.6. The van der Waals surface area contributed by atoms with Crippen molar-refractivity contribution < 1.29 is 48.6 Å². The number of hydroxylamine groups is 2. The van der Waals surface area contributed by atoms with Gasteiger partial charge in [-0.1, -0.05) is 70.2 Å². The number of carbonyl (C=O) groups is 6. The molecule has 0 saturated carbocycles. The number of nitrogens with one attached hydrogen (secondary N) is 4. The highest BCUT2D eigenvalue weighted by molar-refractivity contribution is 5.94. The highest BCUT2D eigenvalue weighted by atomic mass is 16.6. The van der Waals surface area contributed by atoms with E-state index < -0.39 is 88.8 Å². The summed E-state index contributed by atoms with van der Waals surface area (Å²) in [5.74, 6) is -3.59. The van der Waals surface area contributed by atoms with Crippen molar-refractivity contribution in [1.82, 2.24) is 31.2 Å². The van der Waals surface area contributed by atoms with Crippen LogP contribution < -0.4 is 21.3 Å². The maximum atomic E-state index is 14.4. The van der Waals surface area contributed by atoms with Gasteiger partial charge in [-0.05, 0) is 104 Å². The van der Waals surface area contributed by atoms with Crippen molar-refractivity contribution in [3.05, 3.63) is 48.0 Å². The Morgan fingerprint density at radius 1 is 0.903 bits per heavy atom. The van der Waals surface area contributed by atoms with Gasteiger partial charge in [-0.3, -0.25) is 14.4 Å². The van der Waals surface area contributed by atoms with Gasteiger partial charge in [0.05, 0.1) is 12.0 Å². The third-order valence-corrected chi connectivity index (χ3v) is 11.1. The number of nitrogens with zero attached hydrogens (tertiary/aromatic N) is 2. The van der Waals surface area contributed by atoms with Crippen LogP contribution in [0.15, 0.2) is 42.5 Å². The maximum absolute atomic E-state index is 14.4. The van der Waals surface area contributed by atoms with Crippen molar-refractivity contribution in [2.45, 2.75) is 174 Å². The number of piperidine rings is 1. The van der Waals surface area contributed by atoms with E-state index in [1.54, 1.807) is 45.6 Å². The molecule has 62 heavy (non-hydrogen) atoms. The van der Waals surface area contributed by atoms with Crippen LogP contribution >= 0.6 is 0 Å². The Balaban J connectivity index is 1.66. The first-order valence-corrected chi connectivity index (χ1v) is 22.1. The second-order valence-electron chi connectivity index (χ2n) is 19.8. The Hall–Kier alpha value is -4.70. The molecule has 2 aliphatic rings. The summed E-state index contributed by atoms with van der Waals surface area (Å²) < 4.78 is 11.1. The molecule has 2 saturated heterocycles. The number of alkyl carbamates (subject to hydrolysis) is 2. The number of hydrogen-bond donors (Lipinski definition) is 6. The molecule has 16 nitrogen and oxygen atoms in total. The Morgan fingerprint density at radius 3 is 2.10 bits per heavy atom. The molecule has 0 aliphatic carbocycles. The number of benzene rings is 1. The summed E-state index contributed by atoms with van der Waals surface area (Å²) >= 11 is 0. The molecule has 5 amide bonds. The zero-order chi connectivity index (χ0) is 46.6. The van der Waals surface area contributed by atoms with E-state index in [4.69, 9.17) is 9.47 Å². The Morgan fingerprint density at radius 2 is 1.53 bits per heavy atom. The number of carboxylic acid groups (broad SMARTS) is 1. The van der Waals surface area contributed by atoms with Crippen LogP contribution in [0, 0.1) is 17.8 Å². The van der Waals surface area contributed by atoms with Crippen LogP contribution in [0.3, 0.4) is 0 Å². The Bertz CT molecular complexity index is 1690. The highest BCUT2D eigenvalue weighted by Gasteiger charge is 2.46. The summed E-state index contributed by atoms with van der Waals surface area (Å²) in [6, 6.07) is 5.87. The van der Waals surface area contributed by atoms with E-state index in [0.29, 0.717) is 45.1 Å². The summed E-state index contributed by atoms with van der Waals surface area (Å²) in [6.07, 6.45) is 4.95. The summed E-state index contributed by atoms with van der Waals surface area (Å²) in [7, 11) is 0. The van der Waals surface area contributed by atoms with Crippen LogP contribution in [-0.4, -0.2) is 116 Å². The van der Waals surface area contributed by atoms with E-state index in [2.05, 4.69) is 21.3 Å². The minimum Gasteiger partial charge on any atom is -0.480 e. The second-order valence-corrected chi connectivity index (χ2v) is 19.8. The third-order valence-electron chi connectivity index (χ3n) is 11.1. The number of carboxylic acids is 1. The molecule has 0 bridgehead atoms. The minimum atomic E-state index is -1.30. The predicted molar refractivity (Wildman–Crippen MR) is 235 cm³/mol. The summed E-state index contributed by atoms with van der Waals surface area (Å²) in [5.41, 5.74) is -0.976. The first-order valence-electron chi connectivity index (χ1n) is 22.1. The van der Waals surface area contributed by atoms with Crippen molar-refractivity contribution in [2.75, 3.05) is 13.1 Å². The third kappa shape index (κ3) is 16.2. The molecule has 4 unspecified atom stereocenters. The fourth-order valence-electron chi connectivity index (χ4n) is 8.30. The van der Waals surface area contributed by atoms with Crippen molar-refractivity contribution >= 4 is 35.9 Å². The number of ether oxygens (including phenoxy) is 2. The van der Waals surface area contributed by atoms with Gasteiger partial charge >= 0.3 is 18.2 Å². The van der Waals surface area contributed by atoms with Crippen LogP contribution in [0.5, 0.6) is 0 Å². The van der Waals surface area contributed by atoms with Gasteiger partial charge in [0.1, 0.15) is 29.8 Å². The summed E-state index contributed by atoms with van der Waals surface area (Å²) in [6.45, 7) is 20.8. The van der Waals surface area contributed by atoms with Gasteiger partial charge < -0.3 is 46.0 Å². The average Bonchev–Trinajstić information content (AvgIpc) is 3.64. The number of likely N-dealkylation sites (tertiary alicyclic amines) is 1. The lowest BCUT2D eigenvalue weighted by atomic mass is 9.80. The van der Waals surface area contributed by atoms with Gasteiger partial charge in [0, 0.05) is 37.0 Å². The van der Waals surface area contributed by atoms with E-state index in [-0.39, 0.29) is 31.2 Å². The molecule has 6 N–H and O–H groups in total. The van der Waals surface area contributed by atoms with Crippen LogP contribution in [0.1, 0.15) is 127 Å². The van der Waals surface area contributed by atoms with Gasteiger partial charge in [0.15, 0.2) is 0 Å². The Labute approximate surface area is 368 Å². The van der Waals surface area contributed by atoms with Crippen LogP contribution in [0.25, 0.3) is 0 Å². The smallest absolute Gasteiger partial charge is 0.408 e. The molecule has 2 fully saturated rings. The van der Waals surface area contributed by atoms with Gasteiger partial charge in [0.2, 0.25) is 17.7 Å². The lowest BCUT2D eigenvalue weighted by Crippen LogP contribution is -2.60. The standard InChI is InChI=1S/C46H74N6O10/c1-29(2)25-33(48-43(59)62-44(5,6)7)22-21-32(26-31-17-13-12-14-18-31)40(55)51-24-16-20-36(51)38(53)50-37(30(3)4)39(54)49-35(41(56)57)19-15-23-47-42(58)61-34-27-45(8,9)52(60)46(10,11)28-34/h12-14,17-18,21-22,29-30,32-37,60H,15-16,19-20,23-28H2,1-11H3,(H,47,58)(H,48,59)(H,49,54)(H,50,53)(H,56,57)/b22-21+/t32?,33?,35?,36-,37?/m0/s1. The topological polar surface area (TPSA) is 216 Å². The van der Waals surface area contributed by atoms with E-state index in [9.17, 15) is 39.1 Å². The van der Waals surface area contributed by atoms with Crippen molar-refractivity contribution in [3.8, 4) is 0 Å². The molecule has 2 aliphatic heterocycles. The molecule has 16 heteroatoms. The predicted octanol–water partition coefficient (Wildman–Crippen LogP) is 5.96. The maximum Gasteiger partial charge on any atom is 0.408 e. The molecule has 5 atom stereocenters. The zero-order valence-electron chi connectivity index (χ0n) is 38.8. The van der Waals surface area contributed by atoms with Gasteiger partial charge in [-0.25, -0.2) is 14.4 Å². The van der Waals surface area contributed by atoms with E-state index in [1.165, 1.54) is 5.06 Å². The molecule has 0 aromatic heterocycles. The molecule has 1 aromatic rings. The van der Waals surface area contributed by atoms with Gasteiger partial charge in [-0.15, -0.1) is 0 Å². The van der Waals surface area contributed by atoms with Crippen molar-refractivity contribution in [2.24, 2.45) is 17.8 Å². The molecular formula is C46H74N6O10. The van der Waals surface area contributed by atoms with E-state index in [0.717, 1.165) is 5.56 Å². The first-order chi connectivity index (χ1) is 28.8. The van der Waals surface area contributed by atoms with Gasteiger partial charge in [0.25, 0.3) is 0 Å². The molecular weight excluding hydrogens is 797 g/mol. The van der Waals surface area contributed by atoms with Crippen molar-refractivity contribution in [3.63, 3.8) is 0 Å².